The van der Waals surface area contributed by atoms with Gasteiger partial charge in [0.1, 0.15) is 5.82 Å². The lowest BCUT2D eigenvalue weighted by Gasteiger charge is -2.18. The first-order chi connectivity index (χ1) is 9.67. The lowest BCUT2D eigenvalue weighted by atomic mass is 9.99. The van der Waals surface area contributed by atoms with Gasteiger partial charge in [-0.3, -0.25) is 0 Å². The van der Waals surface area contributed by atoms with E-state index in [0.717, 1.165) is 24.4 Å². The molecule has 1 unspecified atom stereocenters. The zero-order chi connectivity index (χ0) is 14.4. The third-order valence-electron chi connectivity index (χ3n) is 3.22. The summed E-state index contributed by atoms with van der Waals surface area (Å²) in [6, 6.07) is 12.4. The van der Waals surface area contributed by atoms with Crippen molar-refractivity contribution < 1.29 is 0 Å². The molecule has 0 saturated heterocycles. The molecule has 0 radical (unpaired) electrons. The highest BCUT2D eigenvalue weighted by atomic mass is 35.5. The Hall–Kier alpha value is -1.58. The predicted octanol–water partition coefficient (Wildman–Crippen LogP) is 3.08. The summed E-state index contributed by atoms with van der Waals surface area (Å²) in [5, 5.41) is 4.29. The maximum absolute atomic E-state index is 5.92. The van der Waals surface area contributed by atoms with E-state index >= 15 is 0 Å². The molecule has 0 amide bonds. The molecule has 0 spiro atoms. The number of benzene rings is 1. The Bertz CT molecular complexity index is 540. The Kier molecular flexibility index (Phi) is 5.39. The molecule has 0 aliphatic carbocycles. The van der Waals surface area contributed by atoms with Crippen LogP contribution in [0.25, 0.3) is 0 Å². The lowest BCUT2D eigenvalue weighted by molar-refractivity contribution is 0.521. The molecule has 106 valence electrons. The molecule has 20 heavy (non-hydrogen) atoms. The number of hydrogen-bond donors (Lipinski definition) is 2. The summed E-state index contributed by atoms with van der Waals surface area (Å²) in [5.41, 5.74) is 8.22. The van der Waals surface area contributed by atoms with Gasteiger partial charge in [-0.2, -0.15) is 0 Å². The minimum Gasteiger partial charge on any atom is -0.384 e. The zero-order valence-corrected chi connectivity index (χ0v) is 12.4. The summed E-state index contributed by atoms with van der Waals surface area (Å²) < 4.78 is 0. The third-order valence-corrected chi connectivity index (χ3v) is 3.47. The molecular formula is C16H20ClN3. The van der Waals surface area contributed by atoms with Crippen LogP contribution in [0.1, 0.15) is 18.1 Å². The summed E-state index contributed by atoms with van der Waals surface area (Å²) in [4.78, 5) is 4.03. The standard InChI is InChI=1S/C16H20ClN3/c1-2-19-15(9-12-3-5-14(17)6-4-12)10-13-7-8-20-16(18)11-13/h3-8,11,15,19H,2,9-10H2,1H3,(H2,18,20). The van der Waals surface area contributed by atoms with Gasteiger partial charge in [0.2, 0.25) is 0 Å². The van der Waals surface area contributed by atoms with Crippen molar-refractivity contribution in [1.29, 1.82) is 0 Å². The average Bonchev–Trinajstić information content (AvgIpc) is 2.42. The molecule has 0 bridgehead atoms. The summed E-state index contributed by atoms with van der Waals surface area (Å²) >= 11 is 5.92. The first-order valence-corrected chi connectivity index (χ1v) is 7.23. The van der Waals surface area contributed by atoms with E-state index in [2.05, 4.69) is 29.4 Å². The fourth-order valence-electron chi connectivity index (χ4n) is 2.32. The topological polar surface area (TPSA) is 50.9 Å². The van der Waals surface area contributed by atoms with Gasteiger partial charge in [0.25, 0.3) is 0 Å². The molecule has 0 saturated carbocycles. The largest absolute Gasteiger partial charge is 0.384 e. The van der Waals surface area contributed by atoms with E-state index in [0.29, 0.717) is 11.9 Å². The number of rotatable bonds is 6. The smallest absolute Gasteiger partial charge is 0.123 e. The number of nitrogens with zero attached hydrogens (tertiary/aromatic N) is 1. The van der Waals surface area contributed by atoms with E-state index in [1.54, 1.807) is 6.20 Å². The zero-order valence-electron chi connectivity index (χ0n) is 11.6. The van der Waals surface area contributed by atoms with Gasteiger partial charge in [0.15, 0.2) is 0 Å². The molecular weight excluding hydrogens is 270 g/mol. The number of halogens is 1. The van der Waals surface area contributed by atoms with Crippen molar-refractivity contribution in [3.63, 3.8) is 0 Å². The van der Waals surface area contributed by atoms with Crippen LogP contribution in [0.3, 0.4) is 0 Å². The number of likely N-dealkylation sites (N-methyl/N-ethyl adjacent to an activating group) is 1. The highest BCUT2D eigenvalue weighted by Crippen LogP contribution is 2.14. The van der Waals surface area contributed by atoms with E-state index in [9.17, 15) is 0 Å². The second-order valence-corrected chi connectivity index (χ2v) is 5.31. The number of nitrogen functional groups attached to an aromatic ring is 1. The number of hydrogen-bond acceptors (Lipinski definition) is 3. The molecule has 1 atom stereocenters. The van der Waals surface area contributed by atoms with Crippen molar-refractivity contribution in [2.45, 2.75) is 25.8 Å². The summed E-state index contributed by atoms with van der Waals surface area (Å²) in [7, 11) is 0. The highest BCUT2D eigenvalue weighted by molar-refractivity contribution is 6.30. The molecule has 3 nitrogen and oxygen atoms in total. The quantitative estimate of drug-likeness (QED) is 0.859. The van der Waals surface area contributed by atoms with Crippen molar-refractivity contribution in [2.75, 3.05) is 12.3 Å². The van der Waals surface area contributed by atoms with Gasteiger partial charge in [-0.05, 0) is 54.8 Å². The van der Waals surface area contributed by atoms with Crippen LogP contribution in [0.2, 0.25) is 5.02 Å². The van der Waals surface area contributed by atoms with Crippen LogP contribution >= 0.6 is 11.6 Å². The molecule has 0 aliphatic rings. The van der Waals surface area contributed by atoms with Gasteiger partial charge in [0.05, 0.1) is 0 Å². The van der Waals surface area contributed by atoms with E-state index in [1.807, 2.05) is 24.3 Å². The SMILES string of the molecule is CCNC(Cc1ccc(Cl)cc1)Cc1ccnc(N)c1. The van der Waals surface area contributed by atoms with Crippen molar-refractivity contribution in [3.8, 4) is 0 Å². The van der Waals surface area contributed by atoms with Crippen LogP contribution in [0.5, 0.6) is 0 Å². The van der Waals surface area contributed by atoms with Crippen molar-refractivity contribution in [2.24, 2.45) is 0 Å². The Balaban J connectivity index is 2.05. The van der Waals surface area contributed by atoms with E-state index in [4.69, 9.17) is 17.3 Å². The Morgan fingerprint density at radius 2 is 1.85 bits per heavy atom. The summed E-state index contributed by atoms with van der Waals surface area (Å²) in [5.74, 6) is 0.573. The first-order valence-electron chi connectivity index (χ1n) is 6.85. The molecule has 2 aromatic rings. The molecule has 1 heterocycles. The molecule has 0 aliphatic heterocycles. The maximum Gasteiger partial charge on any atom is 0.123 e. The molecule has 1 aromatic heterocycles. The molecule has 4 heteroatoms. The minimum absolute atomic E-state index is 0.378. The van der Waals surface area contributed by atoms with Crippen LogP contribution in [-0.2, 0) is 12.8 Å². The molecule has 1 aromatic carbocycles. The molecule has 0 fully saturated rings. The number of nitrogens with two attached hydrogens (primary N) is 1. The molecule has 3 N–H and O–H groups in total. The van der Waals surface area contributed by atoms with Crippen LogP contribution in [0.4, 0.5) is 5.82 Å². The van der Waals surface area contributed by atoms with Gasteiger partial charge in [-0.1, -0.05) is 30.7 Å². The van der Waals surface area contributed by atoms with Gasteiger partial charge in [-0.15, -0.1) is 0 Å². The van der Waals surface area contributed by atoms with E-state index < -0.39 is 0 Å². The predicted molar refractivity (Wildman–Crippen MR) is 85.0 cm³/mol. The summed E-state index contributed by atoms with van der Waals surface area (Å²) in [6.45, 7) is 3.06. The van der Waals surface area contributed by atoms with Crippen LogP contribution < -0.4 is 11.1 Å². The van der Waals surface area contributed by atoms with Crippen LogP contribution in [0.15, 0.2) is 42.6 Å². The third kappa shape index (κ3) is 4.51. The Morgan fingerprint density at radius 3 is 2.50 bits per heavy atom. The van der Waals surface area contributed by atoms with Gasteiger partial charge in [0, 0.05) is 17.3 Å². The Morgan fingerprint density at radius 1 is 1.15 bits per heavy atom. The number of pyridine rings is 1. The van der Waals surface area contributed by atoms with Gasteiger partial charge < -0.3 is 11.1 Å². The average molecular weight is 290 g/mol. The van der Waals surface area contributed by atoms with Crippen molar-refractivity contribution in [1.82, 2.24) is 10.3 Å². The molecule has 2 rings (SSSR count). The fourth-order valence-corrected chi connectivity index (χ4v) is 2.44. The second-order valence-electron chi connectivity index (χ2n) is 4.88. The van der Waals surface area contributed by atoms with Crippen LogP contribution in [0, 0.1) is 0 Å². The monoisotopic (exact) mass is 289 g/mol. The van der Waals surface area contributed by atoms with E-state index in [-0.39, 0.29) is 0 Å². The fraction of sp³-hybridized carbons (Fsp3) is 0.312. The van der Waals surface area contributed by atoms with Gasteiger partial charge in [-0.25, -0.2) is 4.98 Å². The number of anilines is 1. The maximum atomic E-state index is 5.92. The minimum atomic E-state index is 0.378. The van der Waals surface area contributed by atoms with Gasteiger partial charge >= 0.3 is 0 Å². The Labute approximate surface area is 125 Å². The highest BCUT2D eigenvalue weighted by Gasteiger charge is 2.10. The second kappa shape index (κ2) is 7.27. The normalized spacial score (nSPS) is 12.3. The lowest BCUT2D eigenvalue weighted by Crippen LogP contribution is -2.33. The van der Waals surface area contributed by atoms with Crippen LogP contribution in [-0.4, -0.2) is 17.6 Å². The van der Waals surface area contributed by atoms with E-state index in [1.165, 1.54) is 11.1 Å². The van der Waals surface area contributed by atoms with Crippen molar-refractivity contribution in [3.05, 3.63) is 58.7 Å². The summed E-state index contributed by atoms with van der Waals surface area (Å²) in [6.07, 6.45) is 3.66. The number of nitrogens with one attached hydrogen (secondary N) is 1. The number of aromatic nitrogens is 1. The van der Waals surface area contributed by atoms with Crippen molar-refractivity contribution >= 4 is 17.4 Å². The first kappa shape index (κ1) is 14.8.